The van der Waals surface area contributed by atoms with E-state index in [1.54, 1.807) is 0 Å². The number of nitrogens with one attached hydrogen (secondary N) is 1. The monoisotopic (exact) mass is 272 g/mol. The van der Waals surface area contributed by atoms with Gasteiger partial charge in [0.1, 0.15) is 5.60 Å². The van der Waals surface area contributed by atoms with Gasteiger partial charge < -0.3 is 15.2 Å². The summed E-state index contributed by atoms with van der Waals surface area (Å²) in [6.07, 6.45) is 1.56. The lowest BCUT2D eigenvalue weighted by atomic mass is 9.98. The van der Waals surface area contributed by atoms with Gasteiger partial charge in [-0.25, -0.2) is 4.79 Å². The van der Waals surface area contributed by atoms with Crippen molar-refractivity contribution in [2.24, 2.45) is 5.92 Å². The molecular weight excluding hydrogens is 248 g/mol. The zero-order valence-corrected chi connectivity index (χ0v) is 11.9. The number of carbonyl (C=O) groups excluding carboxylic acids is 1. The predicted molar refractivity (Wildman–Crippen MR) is 71.0 cm³/mol. The Morgan fingerprint density at radius 3 is 2.68 bits per heavy atom. The molecule has 0 aromatic rings. The summed E-state index contributed by atoms with van der Waals surface area (Å²) in [4.78, 5) is 24.1. The Morgan fingerprint density at radius 1 is 1.42 bits per heavy atom. The molecule has 1 fully saturated rings. The molecule has 1 atom stereocenters. The number of likely N-dealkylation sites (tertiary alicyclic amines) is 1. The van der Waals surface area contributed by atoms with Gasteiger partial charge in [-0.05, 0) is 46.1 Å². The first-order valence-corrected chi connectivity index (χ1v) is 6.67. The van der Waals surface area contributed by atoms with Crippen LogP contribution in [0.25, 0.3) is 0 Å². The molecular formula is C13H24N2O4. The molecule has 1 rings (SSSR count). The van der Waals surface area contributed by atoms with Crippen molar-refractivity contribution in [3.63, 3.8) is 0 Å². The number of hydrogen-bond donors (Lipinski definition) is 2. The molecule has 2 N–H and O–H groups in total. The summed E-state index contributed by atoms with van der Waals surface area (Å²) in [6, 6.07) is 0. The average Bonchev–Trinajstić information content (AvgIpc) is 2.23. The predicted octanol–water partition coefficient (Wildman–Crippen LogP) is 1.31. The molecule has 0 bridgehead atoms. The topological polar surface area (TPSA) is 78.9 Å². The van der Waals surface area contributed by atoms with Gasteiger partial charge in [0.15, 0.2) is 0 Å². The highest BCUT2D eigenvalue weighted by molar-refractivity contribution is 5.69. The fraction of sp³-hybridized carbons (Fsp3) is 0.846. The van der Waals surface area contributed by atoms with E-state index in [2.05, 4.69) is 5.32 Å². The van der Waals surface area contributed by atoms with E-state index in [1.807, 2.05) is 25.7 Å². The molecule has 1 saturated heterocycles. The van der Waals surface area contributed by atoms with Crippen molar-refractivity contribution in [1.82, 2.24) is 10.2 Å². The summed E-state index contributed by atoms with van der Waals surface area (Å²) in [5, 5.41) is 11.5. The van der Waals surface area contributed by atoms with Crippen LogP contribution in [0.1, 0.15) is 33.6 Å². The quantitative estimate of drug-likeness (QED) is 0.806. The maximum absolute atomic E-state index is 11.5. The Bertz CT molecular complexity index is 325. The van der Waals surface area contributed by atoms with Crippen molar-refractivity contribution < 1.29 is 19.4 Å². The van der Waals surface area contributed by atoms with Gasteiger partial charge in [-0.1, -0.05) is 0 Å². The first-order chi connectivity index (χ1) is 8.76. The minimum atomic E-state index is -0.805. The zero-order chi connectivity index (χ0) is 14.5. The second-order valence-corrected chi connectivity index (χ2v) is 6.02. The van der Waals surface area contributed by atoms with Gasteiger partial charge >= 0.3 is 12.1 Å². The number of nitrogens with zero attached hydrogens (tertiary/aromatic N) is 1. The van der Waals surface area contributed by atoms with Crippen LogP contribution in [0.2, 0.25) is 0 Å². The Morgan fingerprint density at radius 2 is 2.11 bits per heavy atom. The fourth-order valence-corrected chi connectivity index (χ4v) is 2.19. The SMILES string of the molecule is CC(C)(C)OC(=O)NC[C@@H]1CCCN(CC(=O)O)C1. The van der Waals surface area contributed by atoms with E-state index < -0.39 is 17.7 Å². The van der Waals surface area contributed by atoms with Crippen molar-refractivity contribution in [3.8, 4) is 0 Å². The normalized spacial score (nSPS) is 20.9. The van der Waals surface area contributed by atoms with E-state index >= 15 is 0 Å². The molecule has 0 aromatic heterocycles. The maximum Gasteiger partial charge on any atom is 0.407 e. The highest BCUT2D eigenvalue weighted by Gasteiger charge is 2.23. The molecule has 110 valence electrons. The lowest BCUT2D eigenvalue weighted by Crippen LogP contribution is -2.43. The molecule has 0 spiro atoms. The molecule has 0 aliphatic carbocycles. The van der Waals surface area contributed by atoms with Gasteiger partial charge in [-0.15, -0.1) is 0 Å². The Labute approximate surface area is 114 Å². The van der Waals surface area contributed by atoms with Crippen LogP contribution in [0.5, 0.6) is 0 Å². The Balaban J connectivity index is 2.29. The van der Waals surface area contributed by atoms with Crippen LogP contribution in [-0.2, 0) is 9.53 Å². The lowest BCUT2D eigenvalue weighted by Gasteiger charge is -2.31. The second kappa shape index (κ2) is 6.75. The van der Waals surface area contributed by atoms with Crippen molar-refractivity contribution >= 4 is 12.1 Å². The number of carbonyl (C=O) groups is 2. The fourth-order valence-electron chi connectivity index (χ4n) is 2.19. The van der Waals surface area contributed by atoms with Crippen molar-refractivity contribution in [1.29, 1.82) is 0 Å². The summed E-state index contributed by atoms with van der Waals surface area (Å²) < 4.78 is 5.16. The molecule has 1 aliphatic rings. The molecule has 0 unspecified atom stereocenters. The van der Waals surface area contributed by atoms with Crippen molar-refractivity contribution in [3.05, 3.63) is 0 Å². The molecule has 6 nitrogen and oxygen atoms in total. The van der Waals surface area contributed by atoms with Crippen LogP contribution in [-0.4, -0.2) is 53.8 Å². The molecule has 1 amide bonds. The third-order valence-corrected chi connectivity index (χ3v) is 2.90. The number of carboxylic acid groups (broad SMARTS) is 1. The lowest BCUT2D eigenvalue weighted by molar-refractivity contribution is -0.138. The third kappa shape index (κ3) is 7.00. The number of rotatable bonds is 4. The standard InChI is InChI=1S/C13H24N2O4/c1-13(2,3)19-12(18)14-7-10-5-4-6-15(8-10)9-11(16)17/h10H,4-9H2,1-3H3,(H,14,18)(H,16,17)/t10-/m0/s1. The minimum Gasteiger partial charge on any atom is -0.480 e. The van der Waals surface area contributed by atoms with Gasteiger partial charge in [-0.2, -0.15) is 0 Å². The van der Waals surface area contributed by atoms with Crippen LogP contribution in [0.4, 0.5) is 4.79 Å². The maximum atomic E-state index is 11.5. The molecule has 0 aromatic carbocycles. The number of carboxylic acids is 1. The largest absolute Gasteiger partial charge is 0.480 e. The number of hydrogen-bond acceptors (Lipinski definition) is 4. The summed E-state index contributed by atoms with van der Waals surface area (Å²) in [5.41, 5.74) is -0.494. The van der Waals surface area contributed by atoms with Crippen molar-refractivity contribution in [2.45, 2.75) is 39.2 Å². The van der Waals surface area contributed by atoms with E-state index in [0.29, 0.717) is 19.0 Å². The van der Waals surface area contributed by atoms with E-state index in [-0.39, 0.29) is 6.54 Å². The van der Waals surface area contributed by atoms with Crippen LogP contribution in [0.3, 0.4) is 0 Å². The highest BCUT2D eigenvalue weighted by atomic mass is 16.6. The number of alkyl carbamates (subject to hydrolysis) is 1. The number of ether oxygens (including phenoxy) is 1. The molecule has 0 radical (unpaired) electrons. The highest BCUT2D eigenvalue weighted by Crippen LogP contribution is 2.15. The first-order valence-electron chi connectivity index (χ1n) is 6.67. The average molecular weight is 272 g/mol. The van der Waals surface area contributed by atoms with Crippen LogP contribution in [0.15, 0.2) is 0 Å². The van der Waals surface area contributed by atoms with E-state index in [9.17, 15) is 9.59 Å². The number of amides is 1. The first kappa shape index (κ1) is 15.8. The molecule has 0 saturated carbocycles. The van der Waals surface area contributed by atoms with E-state index in [1.165, 1.54) is 0 Å². The molecule has 6 heteroatoms. The Kier molecular flexibility index (Phi) is 5.60. The summed E-state index contributed by atoms with van der Waals surface area (Å²) in [7, 11) is 0. The second-order valence-electron chi connectivity index (χ2n) is 6.02. The van der Waals surface area contributed by atoms with Gasteiger partial charge in [0.25, 0.3) is 0 Å². The summed E-state index contributed by atoms with van der Waals surface area (Å²) in [6.45, 7) is 7.59. The number of piperidine rings is 1. The van der Waals surface area contributed by atoms with Crippen LogP contribution < -0.4 is 5.32 Å². The zero-order valence-electron chi connectivity index (χ0n) is 11.9. The van der Waals surface area contributed by atoms with Gasteiger partial charge in [0.2, 0.25) is 0 Å². The molecule has 19 heavy (non-hydrogen) atoms. The summed E-state index contributed by atoms with van der Waals surface area (Å²) >= 11 is 0. The van der Waals surface area contributed by atoms with Gasteiger partial charge in [0.05, 0.1) is 6.54 Å². The number of aliphatic carboxylic acids is 1. The van der Waals surface area contributed by atoms with E-state index in [0.717, 1.165) is 19.4 Å². The third-order valence-electron chi connectivity index (χ3n) is 2.90. The van der Waals surface area contributed by atoms with Crippen LogP contribution >= 0.6 is 0 Å². The molecule has 1 heterocycles. The summed E-state index contributed by atoms with van der Waals surface area (Å²) in [5.74, 6) is -0.513. The molecule has 1 aliphatic heterocycles. The minimum absolute atomic E-state index is 0.0724. The van der Waals surface area contributed by atoms with Crippen LogP contribution in [0, 0.1) is 5.92 Å². The van der Waals surface area contributed by atoms with E-state index in [4.69, 9.17) is 9.84 Å². The smallest absolute Gasteiger partial charge is 0.407 e. The van der Waals surface area contributed by atoms with Gasteiger partial charge in [0, 0.05) is 13.1 Å². The Hall–Kier alpha value is -1.30. The van der Waals surface area contributed by atoms with Crippen molar-refractivity contribution in [2.75, 3.05) is 26.2 Å². The van der Waals surface area contributed by atoms with Gasteiger partial charge in [-0.3, -0.25) is 9.69 Å².